The number of rotatable bonds is 2. The van der Waals surface area contributed by atoms with E-state index in [0.717, 1.165) is 5.56 Å². The number of benzene rings is 1. The Labute approximate surface area is 99.0 Å². The van der Waals surface area contributed by atoms with Gasteiger partial charge in [-0.25, -0.2) is 4.79 Å². The Morgan fingerprint density at radius 2 is 2.20 bits per heavy atom. The highest BCUT2D eigenvalue weighted by molar-refractivity contribution is 6.35. The second-order valence-electron chi connectivity index (χ2n) is 3.13. The molecule has 0 fully saturated rings. The molecule has 2 N–H and O–H groups in total. The predicted octanol–water partition coefficient (Wildman–Crippen LogP) is 1.90. The van der Waals surface area contributed by atoms with Crippen LogP contribution in [-0.2, 0) is 6.54 Å². The summed E-state index contributed by atoms with van der Waals surface area (Å²) in [5, 5.41) is 2.41. The molecule has 0 spiro atoms. The van der Waals surface area contributed by atoms with Crippen LogP contribution in [0.3, 0.4) is 0 Å². The van der Waals surface area contributed by atoms with E-state index in [2.05, 4.69) is 7.05 Å². The molecule has 0 aliphatic heterocycles. The second-order valence-corrected chi connectivity index (χ2v) is 3.98. The van der Waals surface area contributed by atoms with Crippen molar-refractivity contribution < 1.29 is 10.1 Å². The average Bonchev–Trinajstić information content (AvgIpc) is 2.20. The van der Waals surface area contributed by atoms with Crippen molar-refractivity contribution in [3.8, 4) is 0 Å². The lowest BCUT2D eigenvalue weighted by Gasteiger charge is -2.15. The molecule has 0 radical (unpaired) electrons. The maximum atomic E-state index is 11.2. The van der Waals surface area contributed by atoms with Gasteiger partial charge in [-0.05, 0) is 17.7 Å². The smallest absolute Gasteiger partial charge is 0.389 e. The number of primary amides is 1. The van der Waals surface area contributed by atoms with Crippen molar-refractivity contribution in [3.05, 3.63) is 40.9 Å². The van der Waals surface area contributed by atoms with Gasteiger partial charge in [0, 0.05) is 17.1 Å². The Hall–Kier alpha value is -0.770. The molecule has 0 aromatic heterocycles. The molecule has 0 aliphatic rings. The maximum absolute atomic E-state index is 11.2. The highest BCUT2D eigenvalue weighted by Gasteiger charge is 2.10. The molecular formula is C10H12Cl2N2O. The summed E-state index contributed by atoms with van der Waals surface area (Å²) in [6, 6.07) is 5.07. The van der Waals surface area contributed by atoms with Gasteiger partial charge in [-0.2, -0.15) is 0 Å². The van der Waals surface area contributed by atoms with Gasteiger partial charge in [-0.15, -0.1) is 7.05 Å². The SMILES string of the molecule is [CH2-][NH2+]C(=O)N(C)Cc1ccc(Cl)cc1Cl. The number of hydrogen-bond donors (Lipinski definition) is 1. The molecular weight excluding hydrogens is 235 g/mol. The summed E-state index contributed by atoms with van der Waals surface area (Å²) in [5.74, 6) is 0. The van der Waals surface area contributed by atoms with Crippen LogP contribution in [-0.4, -0.2) is 18.0 Å². The van der Waals surface area contributed by atoms with Crippen molar-refractivity contribution in [2.75, 3.05) is 7.05 Å². The number of nitrogens with two attached hydrogens (primary N) is 1. The minimum absolute atomic E-state index is 0.138. The Bertz CT molecular complexity index is 368. The van der Waals surface area contributed by atoms with Crippen molar-refractivity contribution in [2.45, 2.75) is 6.54 Å². The quantitative estimate of drug-likeness (QED) is 0.796. The zero-order chi connectivity index (χ0) is 11.4. The summed E-state index contributed by atoms with van der Waals surface area (Å²) in [6.07, 6.45) is 0. The van der Waals surface area contributed by atoms with E-state index >= 15 is 0 Å². The van der Waals surface area contributed by atoms with Crippen molar-refractivity contribution in [2.24, 2.45) is 0 Å². The molecule has 0 aliphatic carbocycles. The van der Waals surface area contributed by atoms with E-state index in [9.17, 15) is 4.79 Å². The van der Waals surface area contributed by atoms with E-state index in [1.165, 1.54) is 10.2 Å². The molecule has 0 saturated carbocycles. The lowest BCUT2D eigenvalue weighted by atomic mass is 10.2. The lowest BCUT2D eigenvalue weighted by molar-refractivity contribution is -0.497. The molecule has 82 valence electrons. The second kappa shape index (κ2) is 5.35. The molecule has 0 atom stereocenters. The topological polar surface area (TPSA) is 36.9 Å². The van der Waals surface area contributed by atoms with E-state index in [0.29, 0.717) is 16.6 Å². The van der Waals surface area contributed by atoms with Gasteiger partial charge in [0.2, 0.25) is 0 Å². The van der Waals surface area contributed by atoms with E-state index in [1.54, 1.807) is 25.2 Å². The zero-order valence-electron chi connectivity index (χ0n) is 8.34. The van der Waals surface area contributed by atoms with Crippen LogP contribution in [0.5, 0.6) is 0 Å². The van der Waals surface area contributed by atoms with Crippen LogP contribution in [0.2, 0.25) is 10.0 Å². The molecule has 0 bridgehead atoms. The first-order valence-corrected chi connectivity index (χ1v) is 5.11. The fourth-order valence-electron chi connectivity index (χ4n) is 1.14. The van der Waals surface area contributed by atoms with Crippen LogP contribution >= 0.6 is 23.2 Å². The minimum Gasteiger partial charge on any atom is -0.395 e. The maximum Gasteiger partial charge on any atom is 0.389 e. The number of quaternary nitrogens is 1. The number of carbonyl (C=O) groups is 1. The normalized spacial score (nSPS) is 10.1. The van der Waals surface area contributed by atoms with Gasteiger partial charge in [-0.3, -0.25) is 4.90 Å². The van der Waals surface area contributed by atoms with Gasteiger partial charge in [-0.1, -0.05) is 29.3 Å². The van der Waals surface area contributed by atoms with Gasteiger partial charge in [0.05, 0.1) is 6.54 Å². The minimum atomic E-state index is -0.138. The third-order valence-electron chi connectivity index (χ3n) is 1.97. The molecule has 3 nitrogen and oxygen atoms in total. The third kappa shape index (κ3) is 3.38. The summed E-state index contributed by atoms with van der Waals surface area (Å²) in [6.45, 7) is 0.445. The van der Waals surface area contributed by atoms with Crippen molar-refractivity contribution >= 4 is 29.2 Å². The van der Waals surface area contributed by atoms with Crippen molar-refractivity contribution in [1.29, 1.82) is 0 Å². The lowest BCUT2D eigenvalue weighted by Crippen LogP contribution is -2.84. The van der Waals surface area contributed by atoms with Gasteiger partial charge in [0.25, 0.3) is 0 Å². The predicted molar refractivity (Wildman–Crippen MR) is 60.6 cm³/mol. The number of carbonyl (C=O) groups excluding carboxylic acids is 1. The molecule has 15 heavy (non-hydrogen) atoms. The van der Waals surface area contributed by atoms with Crippen LogP contribution in [0.25, 0.3) is 0 Å². The van der Waals surface area contributed by atoms with E-state index in [4.69, 9.17) is 23.2 Å². The van der Waals surface area contributed by atoms with Gasteiger partial charge < -0.3 is 5.32 Å². The summed E-state index contributed by atoms with van der Waals surface area (Å²) in [7, 11) is 5.10. The molecule has 0 saturated heterocycles. The summed E-state index contributed by atoms with van der Waals surface area (Å²) in [4.78, 5) is 12.8. The highest BCUT2D eigenvalue weighted by atomic mass is 35.5. The van der Waals surface area contributed by atoms with Gasteiger partial charge in [0.1, 0.15) is 0 Å². The monoisotopic (exact) mass is 246 g/mol. The molecule has 0 unspecified atom stereocenters. The van der Waals surface area contributed by atoms with Crippen LogP contribution in [0.15, 0.2) is 18.2 Å². The van der Waals surface area contributed by atoms with Crippen LogP contribution in [0.1, 0.15) is 5.56 Å². The first-order chi connectivity index (χ1) is 7.04. The van der Waals surface area contributed by atoms with E-state index < -0.39 is 0 Å². The van der Waals surface area contributed by atoms with E-state index in [-0.39, 0.29) is 6.03 Å². The summed E-state index contributed by atoms with van der Waals surface area (Å²) in [5.41, 5.74) is 0.860. The Morgan fingerprint density at radius 3 is 2.73 bits per heavy atom. The number of nitrogens with zero attached hydrogens (tertiary/aromatic N) is 1. The Morgan fingerprint density at radius 1 is 1.53 bits per heavy atom. The fraction of sp³-hybridized carbons (Fsp3) is 0.200. The van der Waals surface area contributed by atoms with E-state index in [1.807, 2.05) is 0 Å². The standard InChI is InChI=1S/C10H12Cl2N2O/c1-13-10(15)14(2)6-7-3-4-8(11)5-9(7)12/h3-5H,1,6,13H2,2H3. The number of halogens is 2. The average molecular weight is 247 g/mol. The highest BCUT2D eigenvalue weighted by Crippen LogP contribution is 2.21. The summed E-state index contributed by atoms with van der Waals surface area (Å²) >= 11 is 11.7. The van der Waals surface area contributed by atoms with Crippen molar-refractivity contribution in [3.63, 3.8) is 0 Å². The zero-order valence-corrected chi connectivity index (χ0v) is 9.85. The largest absolute Gasteiger partial charge is 0.395 e. The van der Waals surface area contributed by atoms with Crippen LogP contribution < -0.4 is 5.32 Å². The molecule has 1 aromatic carbocycles. The number of amides is 2. The molecule has 5 heteroatoms. The first-order valence-electron chi connectivity index (χ1n) is 4.36. The molecule has 0 heterocycles. The fourth-order valence-corrected chi connectivity index (χ4v) is 1.61. The molecule has 2 amide bonds. The first kappa shape index (κ1) is 12.3. The van der Waals surface area contributed by atoms with Crippen molar-refractivity contribution in [1.82, 2.24) is 4.90 Å². The van der Waals surface area contributed by atoms with Crippen LogP contribution in [0.4, 0.5) is 4.79 Å². The van der Waals surface area contributed by atoms with Gasteiger partial charge >= 0.3 is 6.03 Å². The van der Waals surface area contributed by atoms with Gasteiger partial charge in [0.15, 0.2) is 0 Å². The molecule has 1 aromatic rings. The Kier molecular flexibility index (Phi) is 4.39. The summed E-state index contributed by atoms with van der Waals surface area (Å²) < 4.78 is 0. The number of hydrogen-bond acceptors (Lipinski definition) is 1. The Balaban J connectivity index is 2.76. The van der Waals surface area contributed by atoms with Crippen LogP contribution in [0, 0.1) is 7.05 Å². The number of urea groups is 1. The molecule has 1 rings (SSSR count). The third-order valence-corrected chi connectivity index (χ3v) is 2.56.